The molecule has 2 aromatic carbocycles. The number of aryl methyl sites for hydroxylation is 1. The molecule has 0 bridgehead atoms. The maximum Gasteiger partial charge on any atom is 0.161 e. The monoisotopic (exact) mass is 306 g/mol. The zero-order valence-electron chi connectivity index (χ0n) is 10.2. The zero-order chi connectivity index (χ0) is 15.0. The van der Waals surface area contributed by atoms with Crippen LogP contribution in [0.2, 0.25) is 0 Å². The lowest BCUT2D eigenvalue weighted by atomic mass is 10.0. The Labute approximate surface area is 116 Å². The molecule has 0 spiro atoms. The number of benzene rings is 2. The van der Waals surface area contributed by atoms with E-state index >= 15 is 0 Å². The first-order valence-electron chi connectivity index (χ1n) is 5.55. The van der Waals surface area contributed by atoms with Crippen molar-refractivity contribution in [3.63, 3.8) is 0 Å². The molecule has 1 unspecified atom stereocenters. The summed E-state index contributed by atoms with van der Waals surface area (Å²) < 4.78 is 66.4. The van der Waals surface area contributed by atoms with E-state index in [9.17, 15) is 22.0 Å². The second kappa shape index (κ2) is 5.40. The summed E-state index contributed by atoms with van der Waals surface area (Å²) >= 11 is 5.90. The molecule has 0 amide bonds. The van der Waals surface area contributed by atoms with E-state index in [0.717, 1.165) is 6.07 Å². The van der Waals surface area contributed by atoms with Crippen LogP contribution in [0.5, 0.6) is 0 Å². The molecule has 0 radical (unpaired) electrons. The van der Waals surface area contributed by atoms with Gasteiger partial charge in [0.1, 0.15) is 17.5 Å². The van der Waals surface area contributed by atoms with Crippen LogP contribution in [0, 0.1) is 36.0 Å². The van der Waals surface area contributed by atoms with Crippen molar-refractivity contribution in [2.45, 2.75) is 12.3 Å². The Balaban J connectivity index is 2.54. The third-order valence-corrected chi connectivity index (χ3v) is 3.33. The van der Waals surface area contributed by atoms with Gasteiger partial charge in [-0.25, -0.2) is 22.0 Å². The van der Waals surface area contributed by atoms with Crippen LogP contribution in [-0.2, 0) is 0 Å². The Bertz CT molecular complexity index is 612. The Hall–Kier alpha value is -1.62. The van der Waals surface area contributed by atoms with E-state index in [1.165, 1.54) is 6.92 Å². The summed E-state index contributed by atoms with van der Waals surface area (Å²) in [5, 5.41) is -1.40. The van der Waals surface area contributed by atoms with Crippen molar-refractivity contribution < 1.29 is 22.0 Å². The molecular formula is C14H8ClF5. The summed E-state index contributed by atoms with van der Waals surface area (Å²) in [7, 11) is 0. The van der Waals surface area contributed by atoms with Crippen LogP contribution in [-0.4, -0.2) is 0 Å². The first-order chi connectivity index (χ1) is 9.31. The number of rotatable bonds is 2. The Morgan fingerprint density at radius 2 is 1.15 bits per heavy atom. The number of hydrogen-bond acceptors (Lipinski definition) is 0. The SMILES string of the molecule is Cc1cc(C(Cl)c2cc(F)c(F)cc2F)c(F)cc1F. The quantitative estimate of drug-likeness (QED) is 0.415. The molecule has 1 atom stereocenters. The highest BCUT2D eigenvalue weighted by molar-refractivity contribution is 6.22. The van der Waals surface area contributed by atoms with Crippen molar-refractivity contribution in [3.05, 3.63) is 70.0 Å². The highest BCUT2D eigenvalue weighted by atomic mass is 35.5. The third kappa shape index (κ3) is 2.63. The van der Waals surface area contributed by atoms with E-state index in [1.54, 1.807) is 0 Å². The van der Waals surface area contributed by atoms with Crippen molar-refractivity contribution >= 4 is 11.6 Å². The molecule has 0 aliphatic rings. The molecule has 0 aromatic heterocycles. The van der Waals surface area contributed by atoms with Gasteiger partial charge < -0.3 is 0 Å². The van der Waals surface area contributed by atoms with Gasteiger partial charge in [0.25, 0.3) is 0 Å². The lowest BCUT2D eigenvalue weighted by molar-refractivity contribution is 0.490. The maximum absolute atomic E-state index is 13.7. The normalized spacial score (nSPS) is 12.6. The summed E-state index contributed by atoms with van der Waals surface area (Å²) in [5.74, 6) is -5.54. The fraction of sp³-hybridized carbons (Fsp3) is 0.143. The van der Waals surface area contributed by atoms with Gasteiger partial charge in [-0.15, -0.1) is 11.6 Å². The van der Waals surface area contributed by atoms with Gasteiger partial charge in [0.2, 0.25) is 0 Å². The van der Waals surface area contributed by atoms with Gasteiger partial charge in [0.15, 0.2) is 11.6 Å². The van der Waals surface area contributed by atoms with Crippen molar-refractivity contribution in [1.29, 1.82) is 0 Å². The molecule has 20 heavy (non-hydrogen) atoms. The number of hydrogen-bond donors (Lipinski definition) is 0. The van der Waals surface area contributed by atoms with Crippen LogP contribution in [0.15, 0.2) is 24.3 Å². The maximum atomic E-state index is 13.7. The standard InChI is InChI=1S/C14H8ClF5/c1-6-2-7(10(17)4-9(6)16)14(15)8-3-12(19)13(20)5-11(8)18/h2-5,14H,1H3. The second-order valence-electron chi connectivity index (χ2n) is 4.27. The molecule has 0 aliphatic heterocycles. The Morgan fingerprint density at radius 1 is 0.700 bits per heavy atom. The van der Waals surface area contributed by atoms with Crippen LogP contribution >= 0.6 is 11.6 Å². The average Bonchev–Trinajstić information content (AvgIpc) is 2.37. The van der Waals surface area contributed by atoms with E-state index < -0.39 is 40.0 Å². The molecule has 0 fully saturated rings. The van der Waals surface area contributed by atoms with Crippen molar-refractivity contribution in [2.75, 3.05) is 0 Å². The summed E-state index contributed by atoms with van der Waals surface area (Å²) in [6, 6.07) is 2.59. The van der Waals surface area contributed by atoms with E-state index in [-0.39, 0.29) is 11.1 Å². The van der Waals surface area contributed by atoms with Gasteiger partial charge in [-0.2, -0.15) is 0 Å². The topological polar surface area (TPSA) is 0 Å². The van der Waals surface area contributed by atoms with Crippen molar-refractivity contribution in [2.24, 2.45) is 0 Å². The highest BCUT2D eigenvalue weighted by Gasteiger charge is 2.22. The lowest BCUT2D eigenvalue weighted by Gasteiger charge is -2.14. The highest BCUT2D eigenvalue weighted by Crippen LogP contribution is 2.34. The average molecular weight is 307 g/mol. The molecule has 0 saturated carbocycles. The Kier molecular flexibility index (Phi) is 3.99. The molecule has 106 valence electrons. The molecular weight excluding hydrogens is 299 g/mol. The van der Waals surface area contributed by atoms with Crippen molar-refractivity contribution in [1.82, 2.24) is 0 Å². The molecule has 2 aromatic rings. The summed E-state index contributed by atoms with van der Waals surface area (Å²) in [6.07, 6.45) is 0. The van der Waals surface area contributed by atoms with Crippen LogP contribution in [0.4, 0.5) is 22.0 Å². The van der Waals surface area contributed by atoms with E-state index in [1.807, 2.05) is 0 Å². The smallest absolute Gasteiger partial charge is 0.161 e. The summed E-state index contributed by atoms with van der Waals surface area (Å²) in [4.78, 5) is 0. The minimum absolute atomic E-state index is 0.107. The van der Waals surface area contributed by atoms with Crippen LogP contribution in [0.1, 0.15) is 22.1 Å². The van der Waals surface area contributed by atoms with Gasteiger partial charge in [-0.05, 0) is 24.6 Å². The van der Waals surface area contributed by atoms with Gasteiger partial charge in [-0.3, -0.25) is 0 Å². The van der Waals surface area contributed by atoms with Gasteiger partial charge in [-0.1, -0.05) is 0 Å². The largest absolute Gasteiger partial charge is 0.207 e. The Morgan fingerprint density at radius 3 is 1.75 bits per heavy atom. The molecule has 2 rings (SSSR count). The number of alkyl halides is 1. The van der Waals surface area contributed by atoms with Crippen LogP contribution in [0.3, 0.4) is 0 Å². The van der Waals surface area contributed by atoms with E-state index in [4.69, 9.17) is 11.6 Å². The second-order valence-corrected chi connectivity index (χ2v) is 4.71. The summed E-state index contributed by atoms with van der Waals surface area (Å²) in [6.45, 7) is 1.38. The first kappa shape index (κ1) is 14.8. The first-order valence-corrected chi connectivity index (χ1v) is 5.99. The van der Waals surface area contributed by atoms with Crippen LogP contribution in [0.25, 0.3) is 0 Å². The zero-order valence-corrected chi connectivity index (χ0v) is 10.9. The van der Waals surface area contributed by atoms with Gasteiger partial charge in [0.05, 0.1) is 5.38 Å². The molecule has 6 heteroatoms. The molecule has 0 nitrogen and oxygen atoms in total. The van der Waals surface area contributed by atoms with Gasteiger partial charge in [0, 0.05) is 23.3 Å². The molecule has 0 saturated heterocycles. The lowest BCUT2D eigenvalue weighted by Crippen LogP contribution is -2.03. The third-order valence-electron chi connectivity index (χ3n) is 2.86. The number of halogens is 6. The van der Waals surface area contributed by atoms with Crippen LogP contribution < -0.4 is 0 Å². The summed E-state index contributed by atoms with van der Waals surface area (Å²) in [5.41, 5.74) is -0.527. The molecule has 0 heterocycles. The predicted octanol–water partition coefficient (Wildman–Crippen LogP) is 5.02. The molecule has 0 N–H and O–H groups in total. The van der Waals surface area contributed by atoms with E-state index in [0.29, 0.717) is 18.2 Å². The molecule has 0 aliphatic carbocycles. The van der Waals surface area contributed by atoms with Gasteiger partial charge >= 0.3 is 0 Å². The predicted molar refractivity (Wildman–Crippen MR) is 65.1 cm³/mol. The van der Waals surface area contributed by atoms with E-state index in [2.05, 4.69) is 0 Å². The fourth-order valence-electron chi connectivity index (χ4n) is 1.77. The minimum Gasteiger partial charge on any atom is -0.207 e. The minimum atomic E-state index is -1.40. The van der Waals surface area contributed by atoms with Crippen molar-refractivity contribution in [3.8, 4) is 0 Å². The fourth-order valence-corrected chi connectivity index (χ4v) is 2.11.